The molecule has 5 heteroatoms. The van der Waals surface area contributed by atoms with E-state index < -0.39 is 5.97 Å². The first-order chi connectivity index (χ1) is 11.3. The van der Waals surface area contributed by atoms with E-state index in [-0.39, 0.29) is 0 Å². The van der Waals surface area contributed by atoms with Gasteiger partial charge in [0.25, 0.3) is 0 Å². The van der Waals surface area contributed by atoms with E-state index in [1.807, 2.05) is 0 Å². The van der Waals surface area contributed by atoms with E-state index in [4.69, 9.17) is 10.5 Å². The lowest BCUT2D eigenvalue weighted by Gasteiger charge is -2.03. The molecule has 0 atom stereocenters. The Hall–Kier alpha value is -0.650. The van der Waals surface area contributed by atoms with Crippen molar-refractivity contribution < 1.29 is 20.1 Å². The van der Waals surface area contributed by atoms with Gasteiger partial charge in [-0.05, 0) is 6.42 Å². The molecule has 4 N–H and O–H groups in total. The van der Waals surface area contributed by atoms with Crippen LogP contribution in [0.5, 0.6) is 0 Å². The van der Waals surface area contributed by atoms with Crippen LogP contribution in [0.15, 0.2) is 0 Å². The predicted octanol–water partition coefficient (Wildman–Crippen LogP) is 5.60. The summed E-state index contributed by atoms with van der Waals surface area (Å²) in [6.45, 7) is 2.27. The summed E-state index contributed by atoms with van der Waals surface area (Å²) < 4.78 is 0. The fraction of sp³-hybridized carbons (Fsp3) is 0.944. The molecule has 0 amide bonds. The third-order valence-corrected chi connectivity index (χ3v) is 4.09. The average molecular weight is 334 g/mol. The van der Waals surface area contributed by atoms with Crippen molar-refractivity contribution in [3.63, 3.8) is 0 Å². The molecule has 0 aromatic rings. The van der Waals surface area contributed by atoms with Gasteiger partial charge in [0.05, 0.1) is 0 Å². The van der Waals surface area contributed by atoms with Crippen LogP contribution in [-0.4, -0.2) is 16.4 Å². The van der Waals surface area contributed by atoms with E-state index in [0.29, 0.717) is 6.42 Å². The smallest absolute Gasteiger partial charge is 0.320 e. The molecule has 0 heterocycles. The van der Waals surface area contributed by atoms with Crippen molar-refractivity contribution in [1.29, 1.82) is 0 Å². The molecular weight excluding hydrogens is 294 g/mol. The van der Waals surface area contributed by atoms with Gasteiger partial charge in [-0.3, -0.25) is 0 Å². The first kappa shape index (κ1) is 24.6. The molecule has 140 valence electrons. The molecule has 23 heavy (non-hydrogen) atoms. The van der Waals surface area contributed by atoms with Crippen LogP contribution in [0.1, 0.15) is 110 Å². The van der Waals surface area contributed by atoms with Crippen molar-refractivity contribution in [1.82, 2.24) is 0 Å². The molecule has 0 radical (unpaired) electrons. The quantitative estimate of drug-likeness (QED) is 0.194. The molecule has 0 saturated carbocycles. The number of carbonyl (C=O) groups excluding carboxylic acids is 1. The molecule has 0 bridgehead atoms. The van der Waals surface area contributed by atoms with Crippen LogP contribution in [0.25, 0.3) is 0 Å². The Kier molecular flexibility index (Phi) is 25.3. The van der Waals surface area contributed by atoms with Gasteiger partial charge in [0.1, 0.15) is 0 Å². The monoisotopic (exact) mass is 333 g/mol. The average Bonchev–Trinajstić information content (AvgIpc) is 2.59. The van der Waals surface area contributed by atoms with Gasteiger partial charge in [-0.1, -0.05) is 96.8 Å². The van der Waals surface area contributed by atoms with E-state index in [1.54, 1.807) is 0 Å². The van der Waals surface area contributed by atoms with Gasteiger partial charge in [0.2, 0.25) is 0 Å². The maximum atomic E-state index is 10.7. The Morgan fingerprint density at radius 2 is 1.00 bits per heavy atom. The molecule has 0 fully saturated rings. The third-order valence-electron chi connectivity index (χ3n) is 4.09. The van der Waals surface area contributed by atoms with Crippen LogP contribution in [0.4, 0.5) is 0 Å². The summed E-state index contributed by atoms with van der Waals surface area (Å²) in [5, 5.41) is 14.6. The maximum absolute atomic E-state index is 10.7. The number of hydrogen-bond acceptors (Lipinski definition) is 5. The highest BCUT2D eigenvalue weighted by molar-refractivity contribution is 5.68. The Morgan fingerprint density at radius 3 is 1.30 bits per heavy atom. The highest BCUT2D eigenvalue weighted by atomic mass is 17.1. The van der Waals surface area contributed by atoms with Gasteiger partial charge in [-0.15, -0.1) is 0 Å². The highest BCUT2D eigenvalue weighted by Crippen LogP contribution is 2.13. The van der Waals surface area contributed by atoms with Gasteiger partial charge in [-0.2, -0.15) is 5.26 Å². The van der Waals surface area contributed by atoms with Crippen molar-refractivity contribution in [2.24, 2.45) is 5.90 Å². The maximum Gasteiger partial charge on any atom is 0.342 e. The molecule has 0 aliphatic carbocycles. The summed E-state index contributed by atoms with van der Waals surface area (Å²) in [6.07, 6.45) is 20.0. The first-order valence-electron chi connectivity index (χ1n) is 9.41. The number of unbranched alkanes of at least 4 members (excludes halogenated alkanes) is 14. The van der Waals surface area contributed by atoms with Crippen molar-refractivity contribution in [3.05, 3.63) is 0 Å². The SMILES string of the molecule is CCCCCCCCCCCCCCCCCC(=O)OO.NO. The molecule has 0 rings (SSSR count). The summed E-state index contributed by atoms with van der Waals surface area (Å²) in [5.41, 5.74) is 0. The molecule has 0 aliphatic rings. The summed E-state index contributed by atoms with van der Waals surface area (Å²) >= 11 is 0. The zero-order chi connectivity index (χ0) is 17.6. The second kappa shape index (κ2) is 23.6. The van der Waals surface area contributed by atoms with E-state index in [9.17, 15) is 4.79 Å². The normalized spacial score (nSPS) is 10.1. The summed E-state index contributed by atoms with van der Waals surface area (Å²) in [4.78, 5) is 14.3. The van der Waals surface area contributed by atoms with Crippen molar-refractivity contribution >= 4 is 5.97 Å². The minimum atomic E-state index is -0.510. The summed E-state index contributed by atoms with van der Waals surface area (Å²) in [7, 11) is 0. The standard InChI is InChI=1S/C18H36O3.H3NO/c1-2-3-4-5-6-7-8-9-10-11-12-13-14-15-16-17-18(19)21-20;1-2/h20H,2-17H2,1H3;2H,1H2. The Balaban J connectivity index is 0. The number of hydrogen-bond donors (Lipinski definition) is 3. The molecule has 0 unspecified atom stereocenters. The van der Waals surface area contributed by atoms with Gasteiger partial charge in [0.15, 0.2) is 0 Å². The largest absolute Gasteiger partial charge is 0.342 e. The second-order valence-corrected chi connectivity index (χ2v) is 6.16. The van der Waals surface area contributed by atoms with E-state index >= 15 is 0 Å². The van der Waals surface area contributed by atoms with Gasteiger partial charge >= 0.3 is 5.97 Å². The van der Waals surface area contributed by atoms with Gasteiger partial charge < -0.3 is 10.1 Å². The zero-order valence-corrected chi connectivity index (χ0v) is 15.1. The van der Waals surface area contributed by atoms with Gasteiger partial charge in [0, 0.05) is 6.42 Å². The Morgan fingerprint density at radius 1 is 0.696 bits per heavy atom. The van der Waals surface area contributed by atoms with E-state index in [0.717, 1.165) is 12.8 Å². The van der Waals surface area contributed by atoms with E-state index in [1.165, 1.54) is 83.5 Å². The topological polar surface area (TPSA) is 92.8 Å². The third kappa shape index (κ3) is 23.7. The Bertz CT molecular complexity index is 225. The molecule has 0 aliphatic heterocycles. The minimum absolute atomic E-state index is 0.342. The molecule has 0 aromatic carbocycles. The zero-order valence-electron chi connectivity index (χ0n) is 15.1. The lowest BCUT2D eigenvalue weighted by atomic mass is 10.0. The van der Waals surface area contributed by atoms with Crippen molar-refractivity contribution in [2.45, 2.75) is 110 Å². The molecule has 0 spiro atoms. The molecule has 5 nitrogen and oxygen atoms in total. The van der Waals surface area contributed by atoms with Crippen LogP contribution < -0.4 is 5.90 Å². The van der Waals surface area contributed by atoms with Crippen molar-refractivity contribution in [3.8, 4) is 0 Å². The Labute approximate surface area is 142 Å². The van der Waals surface area contributed by atoms with Crippen LogP contribution in [0, 0.1) is 0 Å². The van der Waals surface area contributed by atoms with Crippen LogP contribution in [0.2, 0.25) is 0 Å². The van der Waals surface area contributed by atoms with Crippen molar-refractivity contribution in [2.75, 3.05) is 0 Å². The lowest BCUT2D eigenvalue weighted by Crippen LogP contribution is -1.99. The predicted molar refractivity (Wildman–Crippen MR) is 94.2 cm³/mol. The number of carbonyl (C=O) groups is 1. The van der Waals surface area contributed by atoms with Crippen LogP contribution in [-0.2, 0) is 9.68 Å². The number of rotatable bonds is 16. The molecule has 0 aromatic heterocycles. The minimum Gasteiger partial charge on any atom is -0.320 e. The second-order valence-electron chi connectivity index (χ2n) is 6.16. The molecular formula is C18H39NO4. The van der Waals surface area contributed by atoms with E-state index in [2.05, 4.69) is 17.7 Å². The number of nitrogens with two attached hydrogens (primary N) is 1. The van der Waals surface area contributed by atoms with Crippen LogP contribution >= 0.6 is 0 Å². The lowest BCUT2D eigenvalue weighted by molar-refractivity contribution is -0.234. The highest BCUT2D eigenvalue weighted by Gasteiger charge is 2.00. The molecule has 0 saturated heterocycles. The van der Waals surface area contributed by atoms with Crippen LogP contribution in [0.3, 0.4) is 0 Å². The van der Waals surface area contributed by atoms with Gasteiger partial charge in [-0.25, -0.2) is 10.7 Å². The fourth-order valence-corrected chi connectivity index (χ4v) is 2.69. The first-order valence-corrected chi connectivity index (χ1v) is 9.41. The fourth-order valence-electron chi connectivity index (χ4n) is 2.69. The summed E-state index contributed by atoms with van der Waals surface area (Å²) in [5.74, 6) is 2.99. The summed E-state index contributed by atoms with van der Waals surface area (Å²) in [6, 6.07) is 0.